The molecular formula is C16H18N2O3. The first-order chi connectivity index (χ1) is 10.1. The minimum absolute atomic E-state index is 0.178. The van der Waals surface area contributed by atoms with Crippen LogP contribution in [0.15, 0.2) is 28.8 Å². The molecule has 3 atom stereocenters. The van der Waals surface area contributed by atoms with Crippen molar-refractivity contribution in [3.8, 4) is 11.4 Å². The van der Waals surface area contributed by atoms with E-state index in [0.29, 0.717) is 24.1 Å². The van der Waals surface area contributed by atoms with Crippen molar-refractivity contribution >= 4 is 5.97 Å². The smallest absolute Gasteiger partial charge is 0.307 e. The Bertz CT molecular complexity index is 665. The average Bonchev–Trinajstić information content (AvgIpc) is 3.05. The molecule has 0 saturated heterocycles. The van der Waals surface area contributed by atoms with Gasteiger partial charge in [-0.3, -0.25) is 4.79 Å². The molecule has 1 fully saturated rings. The van der Waals surface area contributed by atoms with E-state index in [4.69, 9.17) is 4.52 Å². The van der Waals surface area contributed by atoms with Crippen molar-refractivity contribution in [3.63, 3.8) is 0 Å². The summed E-state index contributed by atoms with van der Waals surface area (Å²) in [5.41, 5.74) is 1.99. The first-order valence-electron chi connectivity index (χ1n) is 7.18. The molecule has 5 nitrogen and oxygen atoms in total. The molecule has 3 rings (SSSR count). The number of carboxylic acid groups (broad SMARTS) is 1. The van der Waals surface area contributed by atoms with Crippen LogP contribution in [0.1, 0.15) is 37.1 Å². The number of nitrogens with zero attached hydrogens (tertiary/aromatic N) is 2. The molecule has 1 aliphatic carbocycles. The van der Waals surface area contributed by atoms with Gasteiger partial charge in [-0.25, -0.2) is 0 Å². The number of benzene rings is 1. The summed E-state index contributed by atoms with van der Waals surface area (Å²) in [6.07, 6.45) is 1.45. The Morgan fingerprint density at radius 2 is 2.10 bits per heavy atom. The summed E-state index contributed by atoms with van der Waals surface area (Å²) in [6.45, 7) is 4.05. The number of aromatic nitrogens is 2. The third-order valence-corrected chi connectivity index (χ3v) is 4.26. The standard InChI is InChI=1S/C16H18N2O3/c1-9-7-12(13(8-9)16(19)20)15-17-14(18-21-15)11-6-4-3-5-10(11)2/h3-6,9,12-13H,7-8H2,1-2H3,(H,19,20). The van der Waals surface area contributed by atoms with Crippen molar-refractivity contribution in [1.29, 1.82) is 0 Å². The second-order valence-corrected chi connectivity index (χ2v) is 5.90. The van der Waals surface area contributed by atoms with Crippen molar-refractivity contribution in [2.24, 2.45) is 11.8 Å². The van der Waals surface area contributed by atoms with Gasteiger partial charge in [-0.1, -0.05) is 36.3 Å². The Hall–Kier alpha value is -2.17. The van der Waals surface area contributed by atoms with Crippen LogP contribution in [0.3, 0.4) is 0 Å². The molecule has 5 heteroatoms. The highest BCUT2D eigenvalue weighted by Gasteiger charge is 2.41. The molecule has 0 spiro atoms. The monoisotopic (exact) mass is 286 g/mol. The van der Waals surface area contributed by atoms with Gasteiger partial charge in [0, 0.05) is 5.56 Å². The van der Waals surface area contributed by atoms with Crippen molar-refractivity contribution in [1.82, 2.24) is 10.1 Å². The van der Waals surface area contributed by atoms with Gasteiger partial charge in [-0.15, -0.1) is 0 Å². The van der Waals surface area contributed by atoms with E-state index in [1.54, 1.807) is 0 Å². The van der Waals surface area contributed by atoms with Gasteiger partial charge in [0.2, 0.25) is 11.7 Å². The van der Waals surface area contributed by atoms with Crippen molar-refractivity contribution in [3.05, 3.63) is 35.7 Å². The van der Waals surface area contributed by atoms with E-state index in [-0.39, 0.29) is 5.92 Å². The van der Waals surface area contributed by atoms with Crippen LogP contribution in [0.2, 0.25) is 0 Å². The van der Waals surface area contributed by atoms with Crippen LogP contribution < -0.4 is 0 Å². The average molecular weight is 286 g/mol. The van der Waals surface area contributed by atoms with Crippen LogP contribution in [0, 0.1) is 18.8 Å². The SMILES string of the molecule is Cc1ccccc1-c1noc(C2CC(C)CC2C(=O)O)n1. The van der Waals surface area contributed by atoms with Gasteiger partial charge in [0.05, 0.1) is 11.8 Å². The molecule has 1 aromatic heterocycles. The van der Waals surface area contributed by atoms with Crippen LogP contribution in [-0.2, 0) is 4.79 Å². The van der Waals surface area contributed by atoms with Gasteiger partial charge in [0.25, 0.3) is 0 Å². The number of rotatable bonds is 3. The first kappa shape index (κ1) is 13.8. The largest absolute Gasteiger partial charge is 0.481 e. The number of aryl methyl sites for hydroxylation is 1. The van der Waals surface area contributed by atoms with Crippen molar-refractivity contribution < 1.29 is 14.4 Å². The molecular weight excluding hydrogens is 268 g/mol. The van der Waals surface area contributed by atoms with Crippen LogP contribution >= 0.6 is 0 Å². The number of carbonyl (C=O) groups is 1. The van der Waals surface area contributed by atoms with Gasteiger partial charge in [-0.05, 0) is 31.2 Å². The molecule has 0 aliphatic heterocycles. The Morgan fingerprint density at radius 1 is 1.33 bits per heavy atom. The van der Waals surface area contributed by atoms with Crippen LogP contribution in [0.5, 0.6) is 0 Å². The zero-order valence-electron chi connectivity index (χ0n) is 12.1. The van der Waals surface area contributed by atoms with E-state index in [2.05, 4.69) is 17.1 Å². The molecule has 0 radical (unpaired) electrons. The Labute approximate surface area is 123 Å². The highest BCUT2D eigenvalue weighted by molar-refractivity contribution is 5.71. The summed E-state index contributed by atoms with van der Waals surface area (Å²) in [7, 11) is 0. The zero-order chi connectivity index (χ0) is 15.0. The van der Waals surface area contributed by atoms with Gasteiger partial charge < -0.3 is 9.63 Å². The molecule has 3 unspecified atom stereocenters. The number of hydrogen-bond acceptors (Lipinski definition) is 4. The molecule has 21 heavy (non-hydrogen) atoms. The van der Waals surface area contributed by atoms with Crippen LogP contribution in [0.4, 0.5) is 0 Å². The van der Waals surface area contributed by atoms with E-state index >= 15 is 0 Å². The van der Waals surface area contributed by atoms with Crippen LogP contribution in [0.25, 0.3) is 11.4 Å². The molecule has 0 amide bonds. The highest BCUT2D eigenvalue weighted by atomic mass is 16.5. The summed E-state index contributed by atoms with van der Waals surface area (Å²) in [4.78, 5) is 15.8. The van der Waals surface area contributed by atoms with Gasteiger partial charge in [0.15, 0.2) is 0 Å². The highest BCUT2D eigenvalue weighted by Crippen LogP contribution is 2.42. The predicted octanol–water partition coefficient (Wildman–Crippen LogP) is 3.26. The minimum atomic E-state index is -0.778. The van der Waals surface area contributed by atoms with E-state index in [1.807, 2.05) is 31.2 Å². The molecule has 110 valence electrons. The molecule has 1 aliphatic rings. The molecule has 2 aromatic rings. The minimum Gasteiger partial charge on any atom is -0.481 e. The van der Waals surface area contributed by atoms with Gasteiger partial charge >= 0.3 is 5.97 Å². The molecule has 1 N–H and O–H groups in total. The predicted molar refractivity (Wildman–Crippen MR) is 76.7 cm³/mol. The fourth-order valence-electron chi connectivity index (χ4n) is 3.16. The molecule has 0 bridgehead atoms. The summed E-state index contributed by atoms with van der Waals surface area (Å²) < 4.78 is 5.36. The summed E-state index contributed by atoms with van der Waals surface area (Å²) in [5, 5.41) is 13.4. The van der Waals surface area contributed by atoms with Gasteiger partial charge in [-0.2, -0.15) is 4.98 Å². The Kier molecular flexibility index (Phi) is 3.49. The molecule has 1 aromatic carbocycles. The number of carboxylic acids is 1. The zero-order valence-corrected chi connectivity index (χ0v) is 12.1. The number of aliphatic carboxylic acids is 1. The lowest BCUT2D eigenvalue weighted by atomic mass is 9.96. The Morgan fingerprint density at radius 3 is 2.81 bits per heavy atom. The van der Waals surface area contributed by atoms with Crippen molar-refractivity contribution in [2.45, 2.75) is 32.6 Å². The maximum atomic E-state index is 11.4. The third-order valence-electron chi connectivity index (χ3n) is 4.26. The first-order valence-corrected chi connectivity index (χ1v) is 7.18. The topological polar surface area (TPSA) is 76.2 Å². The molecule has 1 heterocycles. The lowest BCUT2D eigenvalue weighted by Gasteiger charge is -2.10. The quantitative estimate of drug-likeness (QED) is 0.937. The van der Waals surface area contributed by atoms with Crippen molar-refractivity contribution in [2.75, 3.05) is 0 Å². The maximum Gasteiger partial charge on any atom is 0.307 e. The fraction of sp³-hybridized carbons (Fsp3) is 0.438. The fourth-order valence-corrected chi connectivity index (χ4v) is 3.16. The Balaban J connectivity index is 1.92. The normalized spacial score (nSPS) is 25.1. The second-order valence-electron chi connectivity index (χ2n) is 5.90. The molecule has 1 saturated carbocycles. The third kappa shape index (κ3) is 2.55. The van der Waals surface area contributed by atoms with E-state index in [0.717, 1.165) is 17.5 Å². The summed E-state index contributed by atoms with van der Waals surface area (Å²) in [5.74, 6) is -0.0327. The van der Waals surface area contributed by atoms with Gasteiger partial charge in [0.1, 0.15) is 0 Å². The van der Waals surface area contributed by atoms with E-state index in [1.165, 1.54) is 0 Å². The summed E-state index contributed by atoms with van der Waals surface area (Å²) >= 11 is 0. The lowest BCUT2D eigenvalue weighted by molar-refractivity contribution is -0.142. The van der Waals surface area contributed by atoms with E-state index in [9.17, 15) is 9.90 Å². The van der Waals surface area contributed by atoms with Crippen LogP contribution in [-0.4, -0.2) is 21.2 Å². The second kappa shape index (κ2) is 5.31. The lowest BCUT2D eigenvalue weighted by Crippen LogP contribution is -2.17. The number of hydrogen-bond donors (Lipinski definition) is 1. The van der Waals surface area contributed by atoms with E-state index < -0.39 is 11.9 Å². The summed E-state index contributed by atoms with van der Waals surface area (Å²) in [6, 6.07) is 7.81. The maximum absolute atomic E-state index is 11.4.